The van der Waals surface area contributed by atoms with Crippen molar-refractivity contribution in [2.45, 2.75) is 136 Å². The Kier molecular flexibility index (Phi) is 17.8. The highest BCUT2D eigenvalue weighted by Gasteiger charge is 2.63. The van der Waals surface area contributed by atoms with Crippen molar-refractivity contribution in [3.05, 3.63) is 108 Å². The molecule has 0 aliphatic heterocycles. The summed E-state index contributed by atoms with van der Waals surface area (Å²) < 4.78 is 42.6. The van der Waals surface area contributed by atoms with Crippen LogP contribution in [0, 0.1) is 52.3 Å². The van der Waals surface area contributed by atoms with Gasteiger partial charge in [-0.2, -0.15) is 0 Å². The van der Waals surface area contributed by atoms with Gasteiger partial charge in [-0.25, -0.2) is 0 Å². The minimum Gasteiger partial charge on any atom is -0.461 e. The van der Waals surface area contributed by atoms with Gasteiger partial charge in [0.25, 0.3) is 0 Å². The highest BCUT2D eigenvalue weighted by Crippen LogP contribution is 2.68. The first-order valence-electron chi connectivity index (χ1n) is 25.0. The molecule has 12 atom stereocenters. The largest absolute Gasteiger partial charge is 0.461 e. The van der Waals surface area contributed by atoms with Crippen LogP contribution < -0.4 is 0 Å². The molecule has 3 aromatic carbocycles. The Hall–Kier alpha value is -4.35. The Morgan fingerprint density at radius 1 is 0.662 bits per heavy atom. The predicted molar refractivity (Wildman–Crippen MR) is 256 cm³/mol. The molecule has 7 rings (SSSR count). The summed E-state index contributed by atoms with van der Waals surface area (Å²) in [7, 11) is -3.78. The number of carbonyl (C=O) groups is 4. The molecule has 6 unspecified atom stereocenters. The molecule has 2 N–H and O–H groups in total. The molecule has 13 heteroatoms. The fraction of sp³-hybridized carbons (Fsp3) is 0.600. The molecule has 0 radical (unpaired) electrons. The van der Waals surface area contributed by atoms with Crippen LogP contribution in [0.2, 0.25) is 0 Å². The molecule has 0 spiro atoms. The second-order valence-electron chi connectivity index (χ2n) is 20.8. The van der Waals surface area contributed by atoms with Gasteiger partial charge >= 0.3 is 23.9 Å². The van der Waals surface area contributed by atoms with Crippen molar-refractivity contribution in [1.82, 2.24) is 0 Å². The van der Waals surface area contributed by atoms with Crippen molar-refractivity contribution in [1.29, 1.82) is 0 Å². The maximum Gasteiger partial charge on any atom is 0.309 e. The van der Waals surface area contributed by atoms with Gasteiger partial charge in [-0.3, -0.25) is 23.7 Å². The van der Waals surface area contributed by atoms with Gasteiger partial charge in [0.15, 0.2) is 0 Å². The van der Waals surface area contributed by atoms with Gasteiger partial charge in [0.1, 0.15) is 13.2 Å². The lowest BCUT2D eigenvalue weighted by atomic mass is 9.43. The number of aliphatic hydroxyl groups excluding tert-OH is 2. The Morgan fingerprint density at radius 2 is 1.24 bits per heavy atom. The Balaban J connectivity index is 0.904. The Morgan fingerprint density at radius 3 is 1.88 bits per heavy atom. The zero-order valence-electron chi connectivity index (χ0n) is 40.2. The third kappa shape index (κ3) is 12.9. The van der Waals surface area contributed by atoms with Crippen LogP contribution >= 0.6 is 7.37 Å². The lowest BCUT2D eigenvalue weighted by Crippen LogP contribution is -2.58. The van der Waals surface area contributed by atoms with E-state index in [2.05, 4.69) is 20.8 Å². The molecule has 370 valence electrons. The molecular formula is C55H73O12P. The van der Waals surface area contributed by atoms with Crippen molar-refractivity contribution in [2.75, 3.05) is 19.1 Å². The standard InChI is InChI=1S/C55H73O12P/c1-38(46-23-24-47-45-22-21-43-31-44(56)27-29-54(43,2)48(45)32-49(57)55(46,47)3)19-25-51(59)65-37-66-52(60)28-30-68(62,67-35-41-17-11-6-12-18-41)36-42(53(61)64-34-40-15-9-5-10-16-40)20-26-50(58)63-33-39-13-7-4-8-14-39/h4-18,38,42-49,56-57H,19-37H2,1-3H3/t38-,42?,43?,44-,45?,46-,47?,48?,49+,54+,55-,68?/m1/s1. The molecule has 4 aliphatic rings. The summed E-state index contributed by atoms with van der Waals surface area (Å²) in [5.74, 6) is -0.986. The van der Waals surface area contributed by atoms with Crippen LogP contribution in [-0.2, 0) is 67.0 Å². The van der Waals surface area contributed by atoms with Crippen molar-refractivity contribution in [3.63, 3.8) is 0 Å². The molecule has 0 bridgehead atoms. The fourth-order valence-electron chi connectivity index (χ4n) is 12.8. The average molecular weight is 957 g/mol. The summed E-state index contributed by atoms with van der Waals surface area (Å²) >= 11 is 0. The number of fused-ring (bicyclic) bond motifs is 5. The molecule has 0 saturated heterocycles. The maximum atomic E-state index is 14.7. The minimum absolute atomic E-state index is 0.0204. The molecule has 0 aromatic heterocycles. The molecule has 4 aliphatic carbocycles. The number of esters is 4. The first-order valence-corrected chi connectivity index (χ1v) is 27.0. The Labute approximate surface area is 402 Å². The smallest absolute Gasteiger partial charge is 0.309 e. The van der Waals surface area contributed by atoms with E-state index in [-0.39, 0.29) is 86.6 Å². The van der Waals surface area contributed by atoms with Crippen LogP contribution in [0.15, 0.2) is 91.0 Å². The lowest BCUT2D eigenvalue weighted by Gasteiger charge is -2.62. The second-order valence-corrected chi connectivity index (χ2v) is 23.5. The minimum atomic E-state index is -3.78. The van der Waals surface area contributed by atoms with Gasteiger partial charge in [-0.1, -0.05) is 112 Å². The quantitative estimate of drug-likeness (QED) is 0.0423. The predicted octanol–water partition coefficient (Wildman–Crippen LogP) is 10.2. The highest BCUT2D eigenvalue weighted by atomic mass is 31.2. The van der Waals surface area contributed by atoms with Gasteiger partial charge in [0.2, 0.25) is 14.2 Å². The number of rotatable bonds is 22. The molecule has 4 saturated carbocycles. The number of aliphatic hydroxyl groups is 2. The monoisotopic (exact) mass is 956 g/mol. The van der Waals surface area contributed by atoms with E-state index in [1.165, 1.54) is 0 Å². The van der Waals surface area contributed by atoms with Crippen LogP contribution in [-0.4, -0.2) is 65.4 Å². The first-order chi connectivity index (χ1) is 32.7. The van der Waals surface area contributed by atoms with E-state index in [4.69, 9.17) is 23.5 Å². The van der Waals surface area contributed by atoms with Crippen molar-refractivity contribution in [2.24, 2.45) is 52.3 Å². The second kappa shape index (κ2) is 23.5. The number of ether oxygens (including phenoxy) is 4. The lowest BCUT2D eigenvalue weighted by molar-refractivity contribution is -0.175. The van der Waals surface area contributed by atoms with Crippen LogP contribution in [0.1, 0.15) is 121 Å². The molecule has 68 heavy (non-hydrogen) atoms. The van der Waals surface area contributed by atoms with E-state index in [0.29, 0.717) is 30.1 Å². The summed E-state index contributed by atoms with van der Waals surface area (Å²) in [4.78, 5) is 52.7. The van der Waals surface area contributed by atoms with E-state index < -0.39 is 50.1 Å². The highest BCUT2D eigenvalue weighted by molar-refractivity contribution is 7.59. The topological polar surface area (TPSA) is 172 Å². The third-order valence-electron chi connectivity index (χ3n) is 16.7. The van der Waals surface area contributed by atoms with E-state index in [1.807, 2.05) is 91.0 Å². The van der Waals surface area contributed by atoms with Gasteiger partial charge in [0.05, 0.1) is 31.2 Å². The van der Waals surface area contributed by atoms with Gasteiger partial charge in [-0.15, -0.1) is 0 Å². The zero-order valence-corrected chi connectivity index (χ0v) is 41.1. The van der Waals surface area contributed by atoms with Crippen LogP contribution in [0.4, 0.5) is 0 Å². The first kappa shape index (κ1) is 51.5. The summed E-state index contributed by atoms with van der Waals surface area (Å²) in [6, 6.07) is 27.5. The summed E-state index contributed by atoms with van der Waals surface area (Å²) in [6.45, 7) is 6.30. The maximum absolute atomic E-state index is 14.7. The average Bonchev–Trinajstić information content (AvgIpc) is 3.72. The molecule has 0 amide bonds. The van der Waals surface area contributed by atoms with Crippen LogP contribution in [0.3, 0.4) is 0 Å². The van der Waals surface area contributed by atoms with Crippen molar-refractivity contribution in [3.8, 4) is 0 Å². The fourth-order valence-corrected chi connectivity index (χ4v) is 15.1. The van der Waals surface area contributed by atoms with E-state index in [9.17, 15) is 34.0 Å². The van der Waals surface area contributed by atoms with Crippen LogP contribution in [0.5, 0.6) is 0 Å². The molecule has 3 aromatic rings. The van der Waals surface area contributed by atoms with Gasteiger partial charge < -0.3 is 33.7 Å². The summed E-state index contributed by atoms with van der Waals surface area (Å²) in [5, 5.41) is 22.4. The van der Waals surface area contributed by atoms with E-state index in [1.54, 1.807) is 0 Å². The number of hydrogen-bond donors (Lipinski definition) is 2. The number of carbonyl (C=O) groups excluding carboxylic acids is 4. The molecule has 12 nitrogen and oxygen atoms in total. The number of benzene rings is 3. The van der Waals surface area contributed by atoms with Gasteiger partial charge in [-0.05, 0) is 127 Å². The number of hydrogen-bond acceptors (Lipinski definition) is 12. The molecule has 0 heterocycles. The Bertz CT molecular complexity index is 2170. The summed E-state index contributed by atoms with van der Waals surface area (Å²) in [6.07, 6.45) is 7.05. The van der Waals surface area contributed by atoms with E-state index in [0.717, 1.165) is 68.1 Å². The molecule has 4 fully saturated rings. The van der Waals surface area contributed by atoms with Crippen molar-refractivity contribution < 1.29 is 57.4 Å². The molecular weight excluding hydrogens is 884 g/mol. The van der Waals surface area contributed by atoms with E-state index >= 15 is 0 Å². The SMILES string of the molecule is C[C@H](CCC(=O)OCOC(=O)CCP(=O)(CC(CCC(=O)OCc1ccccc1)C(=O)OCc1ccccc1)OCc1ccccc1)[C@H]1CCC2C3CCC4C[C@H](O)CC[C@]4(C)C3C[C@H](O)[C@@]21C. The van der Waals surface area contributed by atoms with Crippen molar-refractivity contribution >= 4 is 31.2 Å². The van der Waals surface area contributed by atoms with Gasteiger partial charge in [0, 0.05) is 25.2 Å². The van der Waals surface area contributed by atoms with Crippen LogP contribution in [0.25, 0.3) is 0 Å². The normalized spacial score (nSPS) is 29.2. The zero-order chi connectivity index (χ0) is 48.3. The summed E-state index contributed by atoms with van der Waals surface area (Å²) in [5.41, 5.74) is 2.26. The third-order valence-corrected chi connectivity index (χ3v) is 19.2.